The van der Waals surface area contributed by atoms with Gasteiger partial charge in [0.15, 0.2) is 5.82 Å². The number of carbonyl (C=O) groups is 2. The van der Waals surface area contributed by atoms with Gasteiger partial charge in [-0.25, -0.2) is 4.79 Å². The van der Waals surface area contributed by atoms with Crippen LogP contribution in [0, 0.1) is 6.92 Å². The zero-order valence-electron chi connectivity index (χ0n) is 10.5. The van der Waals surface area contributed by atoms with Gasteiger partial charge >= 0.3 is 6.03 Å². The molecule has 1 aliphatic rings. The summed E-state index contributed by atoms with van der Waals surface area (Å²) >= 11 is 0. The van der Waals surface area contributed by atoms with Crippen LogP contribution in [-0.4, -0.2) is 53.1 Å². The van der Waals surface area contributed by atoms with Crippen LogP contribution in [0.3, 0.4) is 0 Å². The van der Waals surface area contributed by atoms with Gasteiger partial charge in [0.05, 0.1) is 0 Å². The normalized spacial score (nSPS) is 15.7. The summed E-state index contributed by atoms with van der Waals surface area (Å²) in [6.45, 7) is 5.49. The van der Waals surface area contributed by atoms with E-state index >= 15 is 0 Å². The van der Waals surface area contributed by atoms with Gasteiger partial charge in [-0.2, -0.15) is 0 Å². The number of aryl methyl sites for hydroxylation is 1. The van der Waals surface area contributed by atoms with Crippen molar-refractivity contribution in [2.24, 2.45) is 0 Å². The summed E-state index contributed by atoms with van der Waals surface area (Å²) in [4.78, 5) is 26.4. The van der Waals surface area contributed by atoms with Crippen LogP contribution in [0.15, 0.2) is 10.6 Å². The number of aromatic nitrogens is 1. The van der Waals surface area contributed by atoms with Gasteiger partial charge in [0.25, 0.3) is 0 Å². The van der Waals surface area contributed by atoms with E-state index in [1.54, 1.807) is 22.8 Å². The van der Waals surface area contributed by atoms with Crippen molar-refractivity contribution in [1.82, 2.24) is 15.0 Å². The predicted molar refractivity (Wildman–Crippen MR) is 64.1 cm³/mol. The Bertz CT molecular complexity index is 449. The van der Waals surface area contributed by atoms with Gasteiger partial charge in [0.2, 0.25) is 5.91 Å². The third-order valence-electron chi connectivity index (χ3n) is 2.88. The SMILES string of the molecule is CC(=O)N1CCN(C(=O)Nc2cc(C)on2)CC1. The minimum Gasteiger partial charge on any atom is -0.360 e. The lowest BCUT2D eigenvalue weighted by atomic mass is 10.3. The summed E-state index contributed by atoms with van der Waals surface area (Å²) in [5.41, 5.74) is 0. The van der Waals surface area contributed by atoms with Crippen LogP contribution in [0.5, 0.6) is 0 Å². The van der Waals surface area contributed by atoms with Crippen LogP contribution < -0.4 is 5.32 Å². The number of carbonyl (C=O) groups excluding carboxylic acids is 2. The molecular weight excluding hydrogens is 236 g/mol. The Morgan fingerprint density at radius 1 is 1.28 bits per heavy atom. The molecule has 2 heterocycles. The van der Waals surface area contributed by atoms with Crippen molar-refractivity contribution in [3.63, 3.8) is 0 Å². The smallest absolute Gasteiger partial charge is 0.323 e. The van der Waals surface area contributed by atoms with E-state index in [-0.39, 0.29) is 11.9 Å². The van der Waals surface area contributed by atoms with Gasteiger partial charge in [0.1, 0.15) is 5.76 Å². The first kappa shape index (κ1) is 12.4. The van der Waals surface area contributed by atoms with Crippen molar-refractivity contribution in [3.05, 3.63) is 11.8 Å². The number of hydrogen-bond acceptors (Lipinski definition) is 4. The quantitative estimate of drug-likeness (QED) is 0.797. The van der Waals surface area contributed by atoms with Crippen LogP contribution in [0.25, 0.3) is 0 Å². The van der Waals surface area contributed by atoms with E-state index in [4.69, 9.17) is 4.52 Å². The Morgan fingerprint density at radius 2 is 1.89 bits per heavy atom. The maximum absolute atomic E-state index is 11.9. The monoisotopic (exact) mass is 252 g/mol. The minimum absolute atomic E-state index is 0.0437. The summed E-state index contributed by atoms with van der Waals surface area (Å²) in [5, 5.41) is 6.35. The highest BCUT2D eigenvalue weighted by Crippen LogP contribution is 2.09. The molecule has 1 aromatic heterocycles. The lowest BCUT2D eigenvalue weighted by molar-refractivity contribution is -0.130. The second-order valence-corrected chi connectivity index (χ2v) is 4.25. The topological polar surface area (TPSA) is 78.7 Å². The van der Waals surface area contributed by atoms with E-state index in [0.29, 0.717) is 37.8 Å². The summed E-state index contributed by atoms with van der Waals surface area (Å²) in [5.74, 6) is 1.10. The van der Waals surface area contributed by atoms with Crippen LogP contribution in [0.4, 0.5) is 10.6 Å². The van der Waals surface area contributed by atoms with Crippen molar-refractivity contribution < 1.29 is 14.1 Å². The Labute approximate surface area is 105 Å². The molecule has 7 nitrogen and oxygen atoms in total. The van der Waals surface area contributed by atoms with E-state index in [0.717, 1.165) is 0 Å². The van der Waals surface area contributed by atoms with Crippen LogP contribution in [0.2, 0.25) is 0 Å². The fraction of sp³-hybridized carbons (Fsp3) is 0.545. The van der Waals surface area contributed by atoms with Crippen molar-refractivity contribution in [2.75, 3.05) is 31.5 Å². The Balaban J connectivity index is 1.86. The Hall–Kier alpha value is -2.05. The van der Waals surface area contributed by atoms with Crippen LogP contribution >= 0.6 is 0 Å². The highest BCUT2D eigenvalue weighted by atomic mass is 16.5. The number of nitrogens with one attached hydrogen (secondary N) is 1. The summed E-state index contributed by atoms with van der Waals surface area (Å²) in [6, 6.07) is 1.44. The maximum atomic E-state index is 11.9. The number of amides is 3. The minimum atomic E-state index is -0.216. The zero-order valence-corrected chi connectivity index (χ0v) is 10.5. The Morgan fingerprint density at radius 3 is 2.39 bits per heavy atom. The number of nitrogens with zero attached hydrogens (tertiary/aromatic N) is 3. The number of piperazine rings is 1. The molecule has 0 bridgehead atoms. The second-order valence-electron chi connectivity index (χ2n) is 4.25. The molecule has 0 unspecified atom stereocenters. The molecule has 7 heteroatoms. The molecule has 0 radical (unpaired) electrons. The molecule has 0 spiro atoms. The van der Waals surface area contributed by atoms with Gasteiger partial charge in [-0.3, -0.25) is 10.1 Å². The first-order valence-electron chi connectivity index (χ1n) is 5.81. The van der Waals surface area contributed by atoms with Crippen molar-refractivity contribution in [2.45, 2.75) is 13.8 Å². The third kappa shape index (κ3) is 2.79. The van der Waals surface area contributed by atoms with Crippen molar-refractivity contribution in [3.8, 4) is 0 Å². The lowest BCUT2D eigenvalue weighted by Gasteiger charge is -2.33. The molecule has 1 aromatic rings. The molecule has 0 aliphatic carbocycles. The molecule has 1 saturated heterocycles. The van der Waals surface area contributed by atoms with E-state index in [9.17, 15) is 9.59 Å². The third-order valence-corrected chi connectivity index (χ3v) is 2.88. The molecule has 2 rings (SSSR count). The lowest BCUT2D eigenvalue weighted by Crippen LogP contribution is -2.51. The van der Waals surface area contributed by atoms with E-state index in [1.165, 1.54) is 6.92 Å². The molecule has 3 amide bonds. The van der Waals surface area contributed by atoms with Gasteiger partial charge < -0.3 is 14.3 Å². The average molecular weight is 252 g/mol. The molecule has 0 atom stereocenters. The second kappa shape index (κ2) is 5.07. The maximum Gasteiger partial charge on any atom is 0.323 e. The first-order chi connectivity index (χ1) is 8.56. The van der Waals surface area contributed by atoms with Gasteiger partial charge in [-0.15, -0.1) is 0 Å². The van der Waals surface area contributed by atoms with Crippen molar-refractivity contribution >= 4 is 17.8 Å². The van der Waals surface area contributed by atoms with Gasteiger partial charge in [0, 0.05) is 39.2 Å². The Kier molecular flexibility index (Phi) is 3.50. The number of rotatable bonds is 1. The average Bonchev–Trinajstić information content (AvgIpc) is 2.75. The van der Waals surface area contributed by atoms with E-state index < -0.39 is 0 Å². The molecule has 1 N–H and O–H groups in total. The molecule has 1 aliphatic heterocycles. The molecule has 0 saturated carbocycles. The zero-order chi connectivity index (χ0) is 13.1. The fourth-order valence-corrected chi connectivity index (χ4v) is 1.84. The van der Waals surface area contributed by atoms with E-state index in [2.05, 4.69) is 10.5 Å². The highest BCUT2D eigenvalue weighted by Gasteiger charge is 2.22. The molecule has 1 fully saturated rings. The van der Waals surface area contributed by atoms with Gasteiger partial charge in [-0.1, -0.05) is 5.16 Å². The molecular formula is C11H16N4O3. The standard InChI is InChI=1S/C11H16N4O3/c1-8-7-10(13-18-8)12-11(17)15-5-3-14(4-6-15)9(2)16/h7H,3-6H2,1-2H3,(H,12,13,17). The summed E-state index contributed by atoms with van der Waals surface area (Å²) in [6.07, 6.45) is 0. The fourth-order valence-electron chi connectivity index (χ4n) is 1.84. The van der Waals surface area contributed by atoms with Crippen molar-refractivity contribution in [1.29, 1.82) is 0 Å². The van der Waals surface area contributed by atoms with Crippen LogP contribution in [-0.2, 0) is 4.79 Å². The van der Waals surface area contributed by atoms with Gasteiger partial charge in [-0.05, 0) is 6.92 Å². The largest absolute Gasteiger partial charge is 0.360 e. The number of urea groups is 1. The molecule has 18 heavy (non-hydrogen) atoms. The first-order valence-corrected chi connectivity index (χ1v) is 5.81. The number of anilines is 1. The predicted octanol–water partition coefficient (Wildman–Crippen LogP) is 0.679. The van der Waals surface area contributed by atoms with Crippen LogP contribution in [0.1, 0.15) is 12.7 Å². The highest BCUT2D eigenvalue weighted by molar-refractivity contribution is 5.88. The summed E-state index contributed by atoms with van der Waals surface area (Å²) < 4.78 is 4.87. The summed E-state index contributed by atoms with van der Waals surface area (Å²) in [7, 11) is 0. The van der Waals surface area contributed by atoms with E-state index in [1.807, 2.05) is 0 Å². The molecule has 0 aromatic carbocycles. The molecule has 98 valence electrons. The number of hydrogen-bond donors (Lipinski definition) is 1.